The van der Waals surface area contributed by atoms with Crippen molar-refractivity contribution in [1.82, 2.24) is 9.38 Å². The lowest BCUT2D eigenvalue weighted by Crippen LogP contribution is -2.16. The smallest absolute Gasteiger partial charge is 0.139 e. The Labute approximate surface area is 131 Å². The van der Waals surface area contributed by atoms with Gasteiger partial charge < -0.3 is 5.32 Å². The first-order chi connectivity index (χ1) is 10.8. The summed E-state index contributed by atoms with van der Waals surface area (Å²) in [7, 11) is 0. The summed E-state index contributed by atoms with van der Waals surface area (Å²) < 4.78 is 2.25. The fourth-order valence-electron chi connectivity index (χ4n) is 3.45. The molecule has 1 fully saturated rings. The molecule has 3 aromatic rings. The normalized spacial score (nSPS) is 15.5. The zero-order chi connectivity index (χ0) is 14.9. The van der Waals surface area contributed by atoms with E-state index in [0.717, 1.165) is 17.2 Å². The number of hydrogen-bond acceptors (Lipinski definition) is 2. The molecule has 0 atom stereocenters. The molecule has 1 aliphatic carbocycles. The van der Waals surface area contributed by atoms with Crippen molar-refractivity contribution >= 4 is 11.5 Å². The number of hydrogen-bond donors (Lipinski definition) is 1. The largest absolute Gasteiger partial charge is 0.367 e. The van der Waals surface area contributed by atoms with Gasteiger partial charge in [0.05, 0.1) is 0 Å². The maximum absolute atomic E-state index is 4.89. The molecule has 1 saturated carbocycles. The lowest BCUT2D eigenvalue weighted by atomic mass is 10.1. The molecule has 22 heavy (non-hydrogen) atoms. The molecule has 0 bridgehead atoms. The van der Waals surface area contributed by atoms with Gasteiger partial charge in [0.15, 0.2) is 0 Å². The fraction of sp³-hybridized carbons (Fsp3) is 0.316. The first-order valence-electron chi connectivity index (χ1n) is 8.13. The van der Waals surface area contributed by atoms with Gasteiger partial charge in [-0.1, -0.05) is 49.2 Å². The molecule has 0 saturated heterocycles. The molecule has 0 spiro atoms. The van der Waals surface area contributed by atoms with Crippen molar-refractivity contribution in [3.63, 3.8) is 0 Å². The van der Waals surface area contributed by atoms with Crippen LogP contribution in [-0.4, -0.2) is 15.4 Å². The van der Waals surface area contributed by atoms with Gasteiger partial charge in [0.2, 0.25) is 0 Å². The van der Waals surface area contributed by atoms with Gasteiger partial charge in [0.1, 0.15) is 17.2 Å². The van der Waals surface area contributed by atoms with E-state index in [1.54, 1.807) is 0 Å². The molecular formula is C19H21N3. The van der Waals surface area contributed by atoms with Gasteiger partial charge >= 0.3 is 0 Å². The van der Waals surface area contributed by atoms with Crippen molar-refractivity contribution < 1.29 is 0 Å². The number of benzene rings is 1. The van der Waals surface area contributed by atoms with Crippen molar-refractivity contribution in [3.05, 3.63) is 54.2 Å². The van der Waals surface area contributed by atoms with E-state index < -0.39 is 0 Å². The van der Waals surface area contributed by atoms with Gasteiger partial charge in [-0.2, -0.15) is 0 Å². The van der Waals surface area contributed by atoms with Crippen LogP contribution in [0.5, 0.6) is 0 Å². The highest BCUT2D eigenvalue weighted by molar-refractivity contribution is 5.77. The average molecular weight is 291 g/mol. The first kappa shape index (κ1) is 13.4. The summed E-state index contributed by atoms with van der Waals surface area (Å²) in [6.07, 6.45) is 5.17. The van der Waals surface area contributed by atoms with Crippen LogP contribution in [0.15, 0.2) is 48.5 Å². The molecule has 1 aliphatic rings. The van der Waals surface area contributed by atoms with Crippen LogP contribution in [0.1, 0.15) is 31.4 Å². The predicted octanol–water partition coefficient (Wildman–Crippen LogP) is 4.66. The Bertz CT molecular complexity index is 783. The summed E-state index contributed by atoms with van der Waals surface area (Å²) in [5.74, 6) is 1.14. The van der Waals surface area contributed by atoms with E-state index in [2.05, 4.69) is 65.2 Å². The molecule has 3 nitrogen and oxygen atoms in total. The number of anilines is 1. The van der Waals surface area contributed by atoms with E-state index >= 15 is 0 Å². The van der Waals surface area contributed by atoms with Crippen molar-refractivity contribution in [3.8, 4) is 11.3 Å². The lowest BCUT2D eigenvalue weighted by molar-refractivity contribution is 0.748. The van der Waals surface area contributed by atoms with Gasteiger partial charge in [-0.15, -0.1) is 0 Å². The highest BCUT2D eigenvalue weighted by Gasteiger charge is 2.20. The van der Waals surface area contributed by atoms with Crippen molar-refractivity contribution in [2.24, 2.45) is 0 Å². The fourth-order valence-corrected chi connectivity index (χ4v) is 3.45. The number of imidazole rings is 1. The second-order valence-electron chi connectivity index (χ2n) is 6.16. The van der Waals surface area contributed by atoms with E-state index in [1.807, 2.05) is 0 Å². The highest BCUT2D eigenvalue weighted by Crippen LogP contribution is 2.32. The minimum atomic E-state index is 0.571. The monoisotopic (exact) mass is 291 g/mol. The topological polar surface area (TPSA) is 29.3 Å². The van der Waals surface area contributed by atoms with Crippen molar-refractivity contribution in [1.29, 1.82) is 0 Å². The predicted molar refractivity (Wildman–Crippen MR) is 91.2 cm³/mol. The number of aryl methyl sites for hydroxylation is 1. The zero-order valence-corrected chi connectivity index (χ0v) is 12.9. The van der Waals surface area contributed by atoms with Crippen LogP contribution in [0.25, 0.3) is 16.9 Å². The molecule has 1 aromatic carbocycles. The van der Waals surface area contributed by atoms with Crippen LogP contribution in [0.2, 0.25) is 0 Å². The molecule has 2 heterocycles. The summed E-state index contributed by atoms with van der Waals surface area (Å²) in [5, 5.41) is 3.77. The summed E-state index contributed by atoms with van der Waals surface area (Å²) in [6.45, 7) is 2.14. The molecule has 0 amide bonds. The second kappa shape index (κ2) is 5.48. The van der Waals surface area contributed by atoms with E-state index in [-0.39, 0.29) is 0 Å². The summed E-state index contributed by atoms with van der Waals surface area (Å²) in [5.41, 5.74) is 4.46. The minimum absolute atomic E-state index is 0.571. The summed E-state index contributed by atoms with van der Waals surface area (Å²) >= 11 is 0. The Morgan fingerprint density at radius 2 is 1.77 bits per heavy atom. The van der Waals surface area contributed by atoms with Crippen LogP contribution in [0.4, 0.5) is 5.82 Å². The number of pyridine rings is 1. The molecule has 0 unspecified atom stereocenters. The van der Waals surface area contributed by atoms with E-state index in [9.17, 15) is 0 Å². The van der Waals surface area contributed by atoms with E-state index in [1.165, 1.54) is 36.9 Å². The molecule has 0 radical (unpaired) electrons. The van der Waals surface area contributed by atoms with Crippen LogP contribution < -0.4 is 5.32 Å². The zero-order valence-electron chi connectivity index (χ0n) is 12.9. The Morgan fingerprint density at radius 1 is 1.00 bits per heavy atom. The standard InChI is InChI=1S/C19H21N3/c1-14-8-7-13-17-21-18(15-9-3-2-4-10-15)19(22(14)17)20-16-11-5-6-12-16/h2-4,7-10,13,16,20H,5-6,11-12H2,1H3. The van der Waals surface area contributed by atoms with Crippen LogP contribution in [0, 0.1) is 6.92 Å². The number of fused-ring (bicyclic) bond motifs is 1. The quantitative estimate of drug-likeness (QED) is 0.760. The molecular weight excluding hydrogens is 270 g/mol. The number of nitrogens with one attached hydrogen (secondary N) is 1. The Morgan fingerprint density at radius 3 is 2.55 bits per heavy atom. The van der Waals surface area contributed by atoms with Gasteiger partial charge in [0.25, 0.3) is 0 Å². The summed E-state index contributed by atoms with van der Waals surface area (Å²) in [4.78, 5) is 4.89. The maximum Gasteiger partial charge on any atom is 0.139 e. The average Bonchev–Trinajstić information content (AvgIpc) is 3.17. The minimum Gasteiger partial charge on any atom is -0.367 e. The second-order valence-corrected chi connectivity index (χ2v) is 6.16. The Kier molecular flexibility index (Phi) is 3.34. The first-order valence-corrected chi connectivity index (χ1v) is 8.13. The molecule has 112 valence electrons. The van der Waals surface area contributed by atoms with Gasteiger partial charge in [-0.25, -0.2) is 4.98 Å². The van der Waals surface area contributed by atoms with Crippen LogP contribution in [0.3, 0.4) is 0 Å². The van der Waals surface area contributed by atoms with E-state index in [0.29, 0.717) is 6.04 Å². The molecule has 0 aliphatic heterocycles. The summed E-state index contributed by atoms with van der Waals surface area (Å²) in [6, 6.07) is 17.3. The van der Waals surface area contributed by atoms with Crippen molar-refractivity contribution in [2.75, 3.05) is 5.32 Å². The molecule has 3 heteroatoms. The van der Waals surface area contributed by atoms with Crippen molar-refractivity contribution in [2.45, 2.75) is 38.6 Å². The third-order valence-corrected chi connectivity index (χ3v) is 4.58. The number of rotatable bonds is 3. The molecule has 2 aromatic heterocycles. The third kappa shape index (κ3) is 2.27. The van der Waals surface area contributed by atoms with Gasteiger partial charge in [-0.05, 0) is 31.9 Å². The molecule has 1 N–H and O–H groups in total. The van der Waals surface area contributed by atoms with Crippen LogP contribution >= 0.6 is 0 Å². The van der Waals surface area contributed by atoms with Gasteiger partial charge in [0, 0.05) is 17.3 Å². The van der Waals surface area contributed by atoms with Crippen LogP contribution in [-0.2, 0) is 0 Å². The molecule has 4 rings (SSSR count). The lowest BCUT2D eigenvalue weighted by Gasteiger charge is -2.15. The SMILES string of the molecule is Cc1cccc2nc(-c3ccccc3)c(NC3CCCC3)n12. The highest BCUT2D eigenvalue weighted by atomic mass is 15.2. The number of aromatic nitrogens is 2. The van der Waals surface area contributed by atoms with E-state index in [4.69, 9.17) is 4.98 Å². The maximum atomic E-state index is 4.89. The Hall–Kier alpha value is -2.29. The third-order valence-electron chi connectivity index (χ3n) is 4.58. The van der Waals surface area contributed by atoms with Gasteiger partial charge in [-0.3, -0.25) is 4.40 Å². The number of nitrogens with zero attached hydrogens (tertiary/aromatic N) is 2. The Balaban J connectivity index is 1.89.